The molecule has 120 valence electrons. The topological polar surface area (TPSA) is 12.0 Å². The van der Waals surface area contributed by atoms with Crippen LogP contribution in [0.2, 0.25) is 0 Å². The van der Waals surface area contributed by atoms with Crippen molar-refractivity contribution in [3.05, 3.63) is 70.8 Å². The summed E-state index contributed by atoms with van der Waals surface area (Å²) in [5.41, 5.74) is 6.09. The Labute approximate surface area is 140 Å². The highest BCUT2D eigenvalue weighted by Gasteiger charge is 2.20. The lowest BCUT2D eigenvalue weighted by molar-refractivity contribution is 0.314. The van der Waals surface area contributed by atoms with Crippen molar-refractivity contribution >= 4 is 0 Å². The van der Waals surface area contributed by atoms with Crippen molar-refractivity contribution in [3.8, 4) is 0 Å². The minimum absolute atomic E-state index is 0.769. The number of nitrogens with one attached hydrogen (secondary N) is 1. The van der Waals surface area contributed by atoms with Crippen LogP contribution in [0, 0.1) is 11.8 Å². The van der Waals surface area contributed by atoms with E-state index in [0.717, 1.165) is 24.9 Å². The third-order valence-electron chi connectivity index (χ3n) is 5.64. The SMILES string of the molecule is c1cc(CNCC2Cc3ccccc3C2)cc(CC2CCC2)c1. The van der Waals surface area contributed by atoms with Gasteiger partial charge in [0.1, 0.15) is 0 Å². The number of hydrogen-bond acceptors (Lipinski definition) is 1. The van der Waals surface area contributed by atoms with Crippen molar-refractivity contribution in [3.63, 3.8) is 0 Å². The molecule has 2 aromatic carbocycles. The minimum atomic E-state index is 0.769. The smallest absolute Gasteiger partial charge is 0.0205 e. The molecule has 1 heteroatoms. The van der Waals surface area contributed by atoms with Crippen molar-refractivity contribution in [2.45, 2.75) is 45.1 Å². The molecule has 2 aromatic rings. The Balaban J connectivity index is 1.26. The van der Waals surface area contributed by atoms with Gasteiger partial charge in [0.25, 0.3) is 0 Å². The van der Waals surface area contributed by atoms with Crippen molar-refractivity contribution in [2.24, 2.45) is 11.8 Å². The van der Waals surface area contributed by atoms with Crippen LogP contribution in [0.15, 0.2) is 48.5 Å². The second-order valence-corrected chi connectivity index (χ2v) is 7.49. The molecule has 23 heavy (non-hydrogen) atoms. The van der Waals surface area contributed by atoms with E-state index < -0.39 is 0 Å². The zero-order valence-electron chi connectivity index (χ0n) is 13.9. The van der Waals surface area contributed by atoms with E-state index in [-0.39, 0.29) is 0 Å². The molecule has 0 aliphatic heterocycles. The first-order chi connectivity index (χ1) is 11.4. The van der Waals surface area contributed by atoms with Crippen molar-refractivity contribution in [1.82, 2.24) is 5.32 Å². The molecule has 0 atom stereocenters. The standard InChI is InChI=1S/C22H27N/c1-2-10-22-14-20(13-21(22)9-1)16-23-15-19-8-4-7-18(12-19)11-17-5-3-6-17/h1-2,4,7-10,12,17,20,23H,3,5-6,11,13-16H2. The maximum atomic E-state index is 3.69. The summed E-state index contributed by atoms with van der Waals surface area (Å²) in [4.78, 5) is 0. The highest BCUT2D eigenvalue weighted by atomic mass is 14.9. The Kier molecular flexibility index (Phi) is 4.48. The van der Waals surface area contributed by atoms with Crippen LogP contribution in [-0.4, -0.2) is 6.54 Å². The molecule has 0 radical (unpaired) electrons. The summed E-state index contributed by atoms with van der Waals surface area (Å²) in [5.74, 6) is 1.72. The molecule has 2 aliphatic rings. The van der Waals surface area contributed by atoms with Gasteiger partial charge < -0.3 is 5.32 Å². The number of benzene rings is 2. The second kappa shape index (κ2) is 6.88. The van der Waals surface area contributed by atoms with E-state index in [1.165, 1.54) is 49.7 Å². The average molecular weight is 305 g/mol. The summed E-state index contributed by atoms with van der Waals surface area (Å²) in [6.07, 6.45) is 8.08. The zero-order valence-corrected chi connectivity index (χ0v) is 13.9. The summed E-state index contributed by atoms with van der Waals surface area (Å²) in [6.45, 7) is 2.13. The Morgan fingerprint density at radius 2 is 1.57 bits per heavy atom. The van der Waals surface area contributed by atoms with E-state index in [1.807, 2.05) is 0 Å². The summed E-state index contributed by atoms with van der Waals surface area (Å²) in [6, 6.07) is 18.1. The number of hydrogen-bond donors (Lipinski definition) is 1. The highest BCUT2D eigenvalue weighted by molar-refractivity contribution is 5.32. The van der Waals surface area contributed by atoms with Gasteiger partial charge in [-0.1, -0.05) is 67.8 Å². The van der Waals surface area contributed by atoms with Crippen molar-refractivity contribution < 1.29 is 0 Å². The molecule has 0 spiro atoms. The first-order valence-corrected chi connectivity index (χ1v) is 9.22. The third kappa shape index (κ3) is 3.67. The van der Waals surface area contributed by atoms with Gasteiger partial charge in [-0.05, 0) is 59.9 Å². The summed E-state index contributed by atoms with van der Waals surface area (Å²) >= 11 is 0. The van der Waals surface area contributed by atoms with Gasteiger partial charge in [0, 0.05) is 6.54 Å². The first kappa shape index (κ1) is 15.0. The molecule has 0 heterocycles. The van der Waals surface area contributed by atoms with Crippen molar-refractivity contribution in [1.29, 1.82) is 0 Å². The molecule has 0 saturated heterocycles. The summed E-state index contributed by atoms with van der Waals surface area (Å²) < 4.78 is 0. The Hall–Kier alpha value is -1.60. The molecule has 0 amide bonds. The Morgan fingerprint density at radius 1 is 0.826 bits per heavy atom. The summed E-state index contributed by atoms with van der Waals surface area (Å²) in [5, 5.41) is 3.69. The molecular weight excluding hydrogens is 278 g/mol. The molecule has 1 saturated carbocycles. The lowest BCUT2D eigenvalue weighted by Crippen LogP contribution is -2.23. The fourth-order valence-corrected chi connectivity index (χ4v) is 4.11. The fraction of sp³-hybridized carbons (Fsp3) is 0.455. The highest BCUT2D eigenvalue weighted by Crippen LogP contribution is 2.30. The monoisotopic (exact) mass is 305 g/mol. The predicted octanol–water partition coefficient (Wildman–Crippen LogP) is 4.53. The molecule has 1 fully saturated rings. The van der Waals surface area contributed by atoms with E-state index in [0.29, 0.717) is 0 Å². The van der Waals surface area contributed by atoms with Gasteiger partial charge in [-0.15, -0.1) is 0 Å². The van der Waals surface area contributed by atoms with E-state index >= 15 is 0 Å². The lowest BCUT2D eigenvalue weighted by atomic mass is 9.81. The quantitative estimate of drug-likeness (QED) is 0.826. The molecule has 4 rings (SSSR count). The molecule has 2 aliphatic carbocycles. The Morgan fingerprint density at radius 3 is 2.26 bits per heavy atom. The van der Waals surface area contributed by atoms with Gasteiger partial charge in [0.15, 0.2) is 0 Å². The van der Waals surface area contributed by atoms with Crippen LogP contribution in [0.4, 0.5) is 0 Å². The van der Waals surface area contributed by atoms with Crippen LogP contribution in [-0.2, 0) is 25.8 Å². The maximum Gasteiger partial charge on any atom is 0.0205 e. The van der Waals surface area contributed by atoms with Crippen LogP contribution < -0.4 is 5.32 Å². The van der Waals surface area contributed by atoms with E-state index in [2.05, 4.69) is 53.8 Å². The number of rotatable bonds is 6. The van der Waals surface area contributed by atoms with Gasteiger partial charge in [-0.3, -0.25) is 0 Å². The Bertz CT molecular complexity index is 632. The van der Waals surface area contributed by atoms with Crippen LogP contribution in [0.5, 0.6) is 0 Å². The normalized spacial score (nSPS) is 17.9. The summed E-state index contributed by atoms with van der Waals surface area (Å²) in [7, 11) is 0. The van der Waals surface area contributed by atoms with Crippen LogP contribution >= 0.6 is 0 Å². The molecule has 0 aromatic heterocycles. The predicted molar refractivity (Wildman–Crippen MR) is 96.5 cm³/mol. The lowest BCUT2D eigenvalue weighted by Gasteiger charge is -2.25. The average Bonchev–Trinajstić information content (AvgIpc) is 2.94. The third-order valence-corrected chi connectivity index (χ3v) is 5.64. The molecule has 0 unspecified atom stereocenters. The van der Waals surface area contributed by atoms with Gasteiger partial charge in [-0.2, -0.15) is 0 Å². The minimum Gasteiger partial charge on any atom is -0.312 e. The van der Waals surface area contributed by atoms with Crippen LogP contribution in [0.3, 0.4) is 0 Å². The molecular formula is C22H27N. The maximum absolute atomic E-state index is 3.69. The zero-order chi connectivity index (χ0) is 15.5. The fourth-order valence-electron chi connectivity index (χ4n) is 4.11. The van der Waals surface area contributed by atoms with Gasteiger partial charge >= 0.3 is 0 Å². The number of fused-ring (bicyclic) bond motifs is 1. The van der Waals surface area contributed by atoms with Crippen LogP contribution in [0.1, 0.15) is 41.5 Å². The largest absolute Gasteiger partial charge is 0.312 e. The first-order valence-electron chi connectivity index (χ1n) is 9.22. The van der Waals surface area contributed by atoms with Crippen LogP contribution in [0.25, 0.3) is 0 Å². The molecule has 1 N–H and O–H groups in total. The van der Waals surface area contributed by atoms with Gasteiger partial charge in [0.05, 0.1) is 0 Å². The van der Waals surface area contributed by atoms with Gasteiger partial charge in [-0.25, -0.2) is 0 Å². The van der Waals surface area contributed by atoms with Crippen molar-refractivity contribution in [2.75, 3.05) is 6.54 Å². The molecule has 1 nitrogen and oxygen atoms in total. The van der Waals surface area contributed by atoms with Gasteiger partial charge in [0.2, 0.25) is 0 Å². The van der Waals surface area contributed by atoms with E-state index in [4.69, 9.17) is 0 Å². The van der Waals surface area contributed by atoms with E-state index in [1.54, 1.807) is 11.1 Å². The van der Waals surface area contributed by atoms with E-state index in [9.17, 15) is 0 Å². The second-order valence-electron chi connectivity index (χ2n) is 7.49. The molecule has 0 bridgehead atoms.